The Kier molecular flexibility index (Phi) is 6.20. The number of nitrogens with one attached hydrogen (secondary N) is 5. The van der Waals surface area contributed by atoms with Gasteiger partial charge in [-0.25, -0.2) is 0 Å². The third kappa shape index (κ3) is 4.63. The first-order chi connectivity index (χ1) is 15.3. The Morgan fingerprint density at radius 3 is 2.72 bits per heavy atom. The van der Waals surface area contributed by atoms with Gasteiger partial charge < -0.3 is 26.0 Å². The molecule has 2 aliphatic rings. The number of fused-ring (bicyclic) bond motifs is 1. The molecule has 2 aliphatic heterocycles. The van der Waals surface area contributed by atoms with Gasteiger partial charge in [-0.1, -0.05) is 23.7 Å². The summed E-state index contributed by atoms with van der Waals surface area (Å²) in [4.78, 5) is 38.4. The van der Waals surface area contributed by atoms with Crippen molar-refractivity contribution >= 4 is 40.7 Å². The van der Waals surface area contributed by atoms with E-state index in [1.165, 1.54) is 7.11 Å². The van der Waals surface area contributed by atoms with E-state index < -0.39 is 30.2 Å². The Morgan fingerprint density at radius 1 is 1.16 bits per heavy atom. The first kappa shape index (κ1) is 21.9. The number of aryl methyl sites for hydroxylation is 1. The maximum atomic E-state index is 13.1. The molecule has 0 aromatic heterocycles. The Morgan fingerprint density at radius 2 is 1.97 bits per heavy atom. The maximum Gasteiger partial charge on any atom is 0.229 e. The lowest BCUT2D eigenvalue weighted by atomic mass is 9.81. The van der Waals surface area contributed by atoms with Crippen molar-refractivity contribution in [2.24, 2.45) is 11.8 Å². The van der Waals surface area contributed by atoms with Gasteiger partial charge in [0.05, 0.1) is 25.1 Å². The van der Waals surface area contributed by atoms with E-state index >= 15 is 0 Å². The number of halogens is 1. The fourth-order valence-electron chi connectivity index (χ4n) is 3.99. The summed E-state index contributed by atoms with van der Waals surface area (Å²) in [6.07, 6.45) is -1.44. The number of carbonyl (C=O) groups is 3. The van der Waals surface area contributed by atoms with E-state index in [4.69, 9.17) is 16.3 Å². The summed E-state index contributed by atoms with van der Waals surface area (Å²) < 4.78 is 5.22. The van der Waals surface area contributed by atoms with Crippen molar-refractivity contribution in [1.29, 1.82) is 0 Å². The van der Waals surface area contributed by atoms with Crippen molar-refractivity contribution in [1.82, 2.24) is 16.0 Å². The Labute approximate surface area is 190 Å². The fraction of sp³-hybridized carbons (Fsp3) is 0.318. The monoisotopic (exact) mass is 457 g/mol. The van der Waals surface area contributed by atoms with Crippen LogP contribution in [-0.2, 0) is 14.4 Å². The van der Waals surface area contributed by atoms with Gasteiger partial charge in [0.25, 0.3) is 0 Å². The van der Waals surface area contributed by atoms with E-state index in [0.29, 0.717) is 22.1 Å². The number of piperidine rings is 1. The fourth-order valence-corrected chi connectivity index (χ4v) is 4.18. The van der Waals surface area contributed by atoms with E-state index in [2.05, 4.69) is 26.6 Å². The van der Waals surface area contributed by atoms with Gasteiger partial charge in [0.15, 0.2) is 6.29 Å². The quantitative estimate of drug-likeness (QED) is 0.467. The van der Waals surface area contributed by atoms with Crippen LogP contribution in [0.2, 0.25) is 5.02 Å². The van der Waals surface area contributed by atoms with Crippen LogP contribution in [0.1, 0.15) is 12.0 Å². The molecule has 3 amide bonds. The van der Waals surface area contributed by atoms with Crippen LogP contribution in [-0.4, -0.2) is 37.3 Å². The summed E-state index contributed by atoms with van der Waals surface area (Å²) in [7, 11) is 1.54. The van der Waals surface area contributed by atoms with E-state index in [1.54, 1.807) is 36.4 Å². The van der Waals surface area contributed by atoms with Gasteiger partial charge in [0.1, 0.15) is 5.75 Å². The second kappa shape index (κ2) is 9.05. The van der Waals surface area contributed by atoms with Crippen LogP contribution in [0.5, 0.6) is 5.75 Å². The molecule has 2 heterocycles. The average molecular weight is 458 g/mol. The summed E-state index contributed by atoms with van der Waals surface area (Å²) in [6.45, 7) is 1.85. The molecule has 4 atom stereocenters. The van der Waals surface area contributed by atoms with Gasteiger partial charge in [-0.3, -0.25) is 19.7 Å². The van der Waals surface area contributed by atoms with Gasteiger partial charge in [-0.2, -0.15) is 0 Å². The number of hydrogen-bond donors (Lipinski definition) is 5. The minimum atomic E-state index is -0.834. The molecule has 0 radical (unpaired) electrons. The number of rotatable bonds is 5. The molecule has 0 spiro atoms. The topological polar surface area (TPSA) is 121 Å². The predicted molar refractivity (Wildman–Crippen MR) is 120 cm³/mol. The van der Waals surface area contributed by atoms with Gasteiger partial charge in [-0.05, 0) is 36.8 Å². The van der Waals surface area contributed by atoms with Crippen LogP contribution in [0.3, 0.4) is 0 Å². The molecule has 4 unspecified atom stereocenters. The van der Waals surface area contributed by atoms with Gasteiger partial charge in [-0.15, -0.1) is 0 Å². The molecule has 0 bridgehead atoms. The highest BCUT2D eigenvalue weighted by Crippen LogP contribution is 2.29. The van der Waals surface area contributed by atoms with E-state index in [1.807, 2.05) is 13.0 Å². The predicted octanol–water partition coefficient (Wildman–Crippen LogP) is 1.79. The molecule has 168 valence electrons. The Hall–Kier alpha value is -3.30. The summed E-state index contributed by atoms with van der Waals surface area (Å²) in [6, 6.07) is 12.4. The number of hydrogen-bond acceptors (Lipinski definition) is 6. The van der Waals surface area contributed by atoms with Crippen LogP contribution in [0.25, 0.3) is 0 Å². The minimum absolute atomic E-state index is 0.0858. The summed E-state index contributed by atoms with van der Waals surface area (Å²) in [5, 5.41) is 15.2. The number of benzene rings is 2. The third-order valence-electron chi connectivity index (χ3n) is 5.62. The summed E-state index contributed by atoms with van der Waals surface area (Å²) in [5.74, 6) is -2.05. The van der Waals surface area contributed by atoms with Gasteiger partial charge in [0.2, 0.25) is 17.7 Å². The zero-order chi connectivity index (χ0) is 22.8. The molecule has 4 rings (SSSR count). The van der Waals surface area contributed by atoms with Crippen molar-refractivity contribution in [2.75, 3.05) is 17.7 Å². The highest BCUT2D eigenvalue weighted by Gasteiger charge is 2.48. The molecule has 9 nitrogen and oxygen atoms in total. The van der Waals surface area contributed by atoms with Crippen LogP contribution in [0.4, 0.5) is 11.4 Å². The highest BCUT2D eigenvalue weighted by atomic mass is 35.5. The largest absolute Gasteiger partial charge is 0.497 e. The summed E-state index contributed by atoms with van der Waals surface area (Å²) in [5.41, 5.74) is 2.10. The molecule has 32 heavy (non-hydrogen) atoms. The molecule has 0 aliphatic carbocycles. The molecule has 10 heteroatoms. The number of amides is 3. The van der Waals surface area contributed by atoms with Crippen molar-refractivity contribution in [2.45, 2.75) is 25.8 Å². The van der Waals surface area contributed by atoms with E-state index in [0.717, 1.165) is 5.56 Å². The van der Waals surface area contributed by atoms with Crippen LogP contribution in [0.15, 0.2) is 42.5 Å². The first-order valence-corrected chi connectivity index (χ1v) is 10.6. The van der Waals surface area contributed by atoms with E-state index in [-0.39, 0.29) is 18.2 Å². The molecule has 5 N–H and O–H groups in total. The van der Waals surface area contributed by atoms with Crippen molar-refractivity contribution in [3.8, 4) is 5.75 Å². The van der Waals surface area contributed by atoms with Crippen LogP contribution >= 0.6 is 11.6 Å². The number of ether oxygens (including phenoxy) is 1. The molecule has 2 aromatic carbocycles. The molecule has 2 fully saturated rings. The van der Waals surface area contributed by atoms with Gasteiger partial charge >= 0.3 is 0 Å². The summed E-state index contributed by atoms with van der Waals surface area (Å²) >= 11 is 6.01. The molecule has 2 saturated heterocycles. The molecule has 0 saturated carbocycles. The van der Waals surface area contributed by atoms with E-state index in [9.17, 15) is 14.4 Å². The third-order valence-corrected chi connectivity index (χ3v) is 5.86. The lowest BCUT2D eigenvalue weighted by Gasteiger charge is -2.43. The standard InChI is InChI=1S/C22H24ClN5O4/c1-11-6-7-14(32-2)9-16(11)25-20(30)15-10-17(29)26-19-18(15)21(31)28-22(27-19)24-13-5-3-4-12(23)8-13/h3-9,15,18-19,22,24,27H,10H2,1-2H3,(H,25,30)(H,26,29)(H,28,31). The van der Waals surface area contributed by atoms with Crippen molar-refractivity contribution in [3.05, 3.63) is 53.1 Å². The van der Waals surface area contributed by atoms with Crippen molar-refractivity contribution in [3.63, 3.8) is 0 Å². The Balaban J connectivity index is 1.50. The van der Waals surface area contributed by atoms with Gasteiger partial charge in [0, 0.05) is 28.9 Å². The SMILES string of the molecule is COc1ccc(C)c(NC(=O)C2CC(=O)NC3NC(Nc4cccc(Cl)c4)NC(=O)C32)c1. The molecular formula is C22H24ClN5O4. The van der Waals surface area contributed by atoms with Crippen molar-refractivity contribution < 1.29 is 19.1 Å². The lowest BCUT2D eigenvalue weighted by molar-refractivity contribution is -0.144. The lowest BCUT2D eigenvalue weighted by Crippen LogP contribution is -2.72. The highest BCUT2D eigenvalue weighted by molar-refractivity contribution is 6.30. The minimum Gasteiger partial charge on any atom is -0.497 e. The smallest absolute Gasteiger partial charge is 0.229 e. The Bertz CT molecular complexity index is 1060. The molecule has 2 aromatic rings. The number of anilines is 2. The maximum absolute atomic E-state index is 13.1. The number of carbonyl (C=O) groups excluding carboxylic acids is 3. The molecular weight excluding hydrogens is 434 g/mol. The van der Waals surface area contributed by atoms with Crippen LogP contribution < -0.4 is 31.3 Å². The number of methoxy groups -OCH3 is 1. The zero-order valence-electron chi connectivity index (χ0n) is 17.6. The van der Waals surface area contributed by atoms with Crippen LogP contribution in [0, 0.1) is 18.8 Å². The second-order valence-electron chi connectivity index (χ2n) is 7.81. The zero-order valence-corrected chi connectivity index (χ0v) is 18.3. The normalized spacial score (nSPS) is 24.6. The first-order valence-electron chi connectivity index (χ1n) is 10.2. The second-order valence-corrected chi connectivity index (χ2v) is 8.25. The average Bonchev–Trinajstić information content (AvgIpc) is 2.74.